The number of benzene rings is 1. The monoisotopic (exact) mass is 324 g/mol. The lowest BCUT2D eigenvalue weighted by Gasteiger charge is -2.35. The van der Waals surface area contributed by atoms with Crippen molar-refractivity contribution in [3.05, 3.63) is 60.4 Å². The lowest BCUT2D eigenvalue weighted by Crippen LogP contribution is -2.46. The van der Waals surface area contributed by atoms with Gasteiger partial charge in [-0.1, -0.05) is 57.0 Å². The molecule has 3 rings (SSSR count). The van der Waals surface area contributed by atoms with Gasteiger partial charge in [0.05, 0.1) is 0 Å². The fraction of sp³-hybridized carbons (Fsp3) is 0.476. The van der Waals surface area contributed by atoms with Crippen molar-refractivity contribution in [3.8, 4) is 0 Å². The quantitative estimate of drug-likeness (QED) is 0.878. The SMILES string of the molecule is C[C@H]1[C@@H](NC(=O)[C@@H](Cc2ccccc2)n2cccc2)CCC[C@@H]1C. The molecule has 1 aromatic carbocycles. The van der Waals surface area contributed by atoms with E-state index in [1.54, 1.807) is 0 Å². The van der Waals surface area contributed by atoms with Crippen molar-refractivity contribution >= 4 is 5.91 Å². The first kappa shape index (κ1) is 16.8. The molecule has 24 heavy (non-hydrogen) atoms. The maximum absolute atomic E-state index is 13.0. The highest BCUT2D eigenvalue weighted by Crippen LogP contribution is 2.30. The van der Waals surface area contributed by atoms with Gasteiger partial charge < -0.3 is 9.88 Å². The molecule has 1 aliphatic rings. The Hall–Kier alpha value is -2.03. The van der Waals surface area contributed by atoms with E-state index in [4.69, 9.17) is 0 Å². The molecule has 3 nitrogen and oxygen atoms in total. The number of carbonyl (C=O) groups is 1. The maximum atomic E-state index is 13.0. The van der Waals surface area contributed by atoms with Crippen LogP contribution < -0.4 is 5.32 Å². The molecule has 3 heteroatoms. The first-order valence-electron chi connectivity index (χ1n) is 9.12. The molecule has 0 unspecified atom stereocenters. The first-order valence-corrected chi connectivity index (χ1v) is 9.12. The second kappa shape index (κ2) is 7.69. The fourth-order valence-corrected chi connectivity index (χ4v) is 3.79. The zero-order chi connectivity index (χ0) is 16.9. The Bertz CT molecular complexity index is 635. The summed E-state index contributed by atoms with van der Waals surface area (Å²) in [6.45, 7) is 4.58. The van der Waals surface area contributed by atoms with Gasteiger partial charge >= 0.3 is 0 Å². The summed E-state index contributed by atoms with van der Waals surface area (Å²) in [4.78, 5) is 13.0. The number of nitrogens with zero attached hydrogens (tertiary/aromatic N) is 1. The summed E-state index contributed by atoms with van der Waals surface area (Å²) < 4.78 is 2.03. The van der Waals surface area contributed by atoms with Crippen LogP contribution in [0, 0.1) is 11.8 Å². The number of aromatic nitrogens is 1. The molecule has 0 bridgehead atoms. The van der Waals surface area contributed by atoms with Crippen LogP contribution in [0.15, 0.2) is 54.9 Å². The number of carbonyl (C=O) groups excluding carboxylic acids is 1. The molecule has 1 aromatic heterocycles. The number of amides is 1. The van der Waals surface area contributed by atoms with Crippen molar-refractivity contribution in [2.45, 2.75) is 51.6 Å². The molecule has 1 aliphatic carbocycles. The normalized spacial score (nSPS) is 25.2. The highest BCUT2D eigenvalue weighted by atomic mass is 16.2. The van der Waals surface area contributed by atoms with Crippen LogP contribution in [0.4, 0.5) is 0 Å². The van der Waals surface area contributed by atoms with E-state index in [1.165, 1.54) is 18.4 Å². The van der Waals surface area contributed by atoms with Crippen molar-refractivity contribution in [2.75, 3.05) is 0 Å². The molecule has 128 valence electrons. The molecule has 1 amide bonds. The van der Waals surface area contributed by atoms with Crippen LogP contribution in [0.5, 0.6) is 0 Å². The number of hydrogen-bond donors (Lipinski definition) is 1. The van der Waals surface area contributed by atoms with Gasteiger partial charge in [0, 0.05) is 24.9 Å². The van der Waals surface area contributed by atoms with E-state index in [9.17, 15) is 4.79 Å². The van der Waals surface area contributed by atoms with E-state index in [1.807, 2.05) is 47.3 Å². The van der Waals surface area contributed by atoms with E-state index in [2.05, 4.69) is 31.3 Å². The van der Waals surface area contributed by atoms with Crippen molar-refractivity contribution in [1.29, 1.82) is 0 Å². The van der Waals surface area contributed by atoms with Crippen LogP contribution in [0.2, 0.25) is 0 Å². The van der Waals surface area contributed by atoms with E-state index >= 15 is 0 Å². The van der Waals surface area contributed by atoms with E-state index in [0.29, 0.717) is 17.9 Å². The lowest BCUT2D eigenvalue weighted by molar-refractivity contribution is -0.125. The van der Waals surface area contributed by atoms with Crippen LogP contribution in [-0.2, 0) is 11.2 Å². The molecule has 4 atom stereocenters. The molecule has 0 saturated heterocycles. The summed E-state index contributed by atoms with van der Waals surface area (Å²) in [6, 6.07) is 14.3. The summed E-state index contributed by atoms with van der Waals surface area (Å²) in [7, 11) is 0. The molecule has 1 saturated carbocycles. The zero-order valence-corrected chi connectivity index (χ0v) is 14.7. The number of nitrogens with one attached hydrogen (secondary N) is 1. The second-order valence-electron chi connectivity index (χ2n) is 7.22. The van der Waals surface area contributed by atoms with Crippen molar-refractivity contribution in [1.82, 2.24) is 9.88 Å². The Morgan fingerprint density at radius 2 is 1.83 bits per heavy atom. The predicted molar refractivity (Wildman–Crippen MR) is 97.7 cm³/mol. The van der Waals surface area contributed by atoms with E-state index < -0.39 is 0 Å². The van der Waals surface area contributed by atoms with Gasteiger partial charge in [-0.15, -0.1) is 0 Å². The summed E-state index contributed by atoms with van der Waals surface area (Å²) in [6.07, 6.45) is 8.28. The average Bonchev–Trinajstić information content (AvgIpc) is 3.12. The van der Waals surface area contributed by atoms with Crippen LogP contribution in [0.25, 0.3) is 0 Å². The Morgan fingerprint density at radius 1 is 1.12 bits per heavy atom. The molecular weight excluding hydrogens is 296 g/mol. The number of hydrogen-bond acceptors (Lipinski definition) is 1. The molecular formula is C21H28N2O. The fourth-order valence-electron chi connectivity index (χ4n) is 3.79. The average molecular weight is 324 g/mol. The van der Waals surface area contributed by atoms with Gasteiger partial charge in [-0.25, -0.2) is 0 Å². The Balaban J connectivity index is 1.74. The van der Waals surface area contributed by atoms with E-state index in [-0.39, 0.29) is 11.9 Å². The predicted octanol–water partition coefficient (Wildman–Crippen LogP) is 4.21. The van der Waals surface area contributed by atoms with Gasteiger partial charge in [0.2, 0.25) is 5.91 Å². The summed E-state index contributed by atoms with van der Waals surface area (Å²) in [5, 5.41) is 3.35. The Kier molecular flexibility index (Phi) is 5.39. The molecule has 1 N–H and O–H groups in total. The van der Waals surface area contributed by atoms with E-state index in [0.717, 1.165) is 12.8 Å². The van der Waals surface area contributed by atoms with Crippen LogP contribution in [0.3, 0.4) is 0 Å². The summed E-state index contributed by atoms with van der Waals surface area (Å²) in [5.74, 6) is 1.37. The highest BCUT2D eigenvalue weighted by molar-refractivity contribution is 5.81. The molecule has 2 aromatic rings. The second-order valence-corrected chi connectivity index (χ2v) is 7.22. The topological polar surface area (TPSA) is 34.0 Å². The minimum atomic E-state index is -0.188. The molecule has 0 radical (unpaired) electrons. The van der Waals surface area contributed by atoms with Crippen molar-refractivity contribution < 1.29 is 4.79 Å². The summed E-state index contributed by atoms with van der Waals surface area (Å²) in [5.41, 5.74) is 1.19. The molecule has 0 spiro atoms. The van der Waals surface area contributed by atoms with Crippen LogP contribution >= 0.6 is 0 Å². The molecule has 0 aliphatic heterocycles. The van der Waals surface area contributed by atoms with Gasteiger partial charge in [0.25, 0.3) is 0 Å². The standard InChI is InChI=1S/C21H28N2O/c1-16-9-8-12-19(17(16)2)22-21(24)20(23-13-6-7-14-23)15-18-10-4-3-5-11-18/h3-7,10-11,13-14,16-17,19-20H,8-9,12,15H2,1-2H3,(H,22,24)/t16-,17+,19-,20+/m0/s1. The molecule has 1 fully saturated rings. The minimum absolute atomic E-state index is 0.140. The third kappa shape index (κ3) is 3.89. The Labute approximate surface area is 145 Å². The van der Waals surface area contributed by atoms with Crippen LogP contribution in [-0.4, -0.2) is 16.5 Å². The highest BCUT2D eigenvalue weighted by Gasteiger charge is 2.30. The number of rotatable bonds is 5. The minimum Gasteiger partial charge on any atom is -0.351 e. The largest absolute Gasteiger partial charge is 0.351 e. The van der Waals surface area contributed by atoms with Gasteiger partial charge in [-0.2, -0.15) is 0 Å². The summed E-state index contributed by atoms with van der Waals surface area (Å²) >= 11 is 0. The lowest BCUT2D eigenvalue weighted by atomic mass is 9.78. The Morgan fingerprint density at radius 3 is 2.54 bits per heavy atom. The van der Waals surface area contributed by atoms with Crippen molar-refractivity contribution in [3.63, 3.8) is 0 Å². The van der Waals surface area contributed by atoms with Crippen molar-refractivity contribution in [2.24, 2.45) is 11.8 Å². The van der Waals surface area contributed by atoms with Gasteiger partial charge in [0.1, 0.15) is 6.04 Å². The van der Waals surface area contributed by atoms with Crippen LogP contribution in [0.1, 0.15) is 44.7 Å². The first-order chi connectivity index (χ1) is 11.6. The maximum Gasteiger partial charge on any atom is 0.243 e. The zero-order valence-electron chi connectivity index (χ0n) is 14.7. The van der Waals surface area contributed by atoms with Gasteiger partial charge in [-0.05, 0) is 36.0 Å². The smallest absolute Gasteiger partial charge is 0.243 e. The van der Waals surface area contributed by atoms with Gasteiger partial charge in [0.15, 0.2) is 0 Å². The van der Waals surface area contributed by atoms with Gasteiger partial charge in [-0.3, -0.25) is 4.79 Å². The molecule has 1 heterocycles. The third-order valence-corrected chi connectivity index (χ3v) is 5.60. The third-order valence-electron chi connectivity index (χ3n) is 5.60.